The molecule has 25 heavy (non-hydrogen) atoms. The molecule has 0 spiro atoms. The zero-order chi connectivity index (χ0) is 17.8. The van der Waals surface area contributed by atoms with E-state index in [1.165, 1.54) is 4.31 Å². The molecule has 9 heteroatoms. The summed E-state index contributed by atoms with van der Waals surface area (Å²) in [7, 11) is -1.95. The number of hydrogen-bond acceptors (Lipinski definition) is 4. The zero-order valence-electron chi connectivity index (χ0n) is 13.7. The fourth-order valence-corrected chi connectivity index (χ4v) is 4.20. The van der Waals surface area contributed by atoms with Gasteiger partial charge in [0.25, 0.3) is 10.2 Å². The lowest BCUT2D eigenvalue weighted by atomic mass is 10.1. The second-order valence-corrected chi connectivity index (χ2v) is 8.07. The molecule has 0 radical (unpaired) electrons. The molecule has 2 atom stereocenters. The minimum Gasteiger partial charge on any atom is -0.326 e. The van der Waals surface area contributed by atoms with Crippen LogP contribution < -0.4 is 14.8 Å². The van der Waals surface area contributed by atoms with Crippen LogP contribution in [0.1, 0.15) is 23.5 Å². The minimum absolute atomic E-state index is 0.0612. The van der Waals surface area contributed by atoms with Crippen LogP contribution >= 0.6 is 0 Å². The molecule has 132 valence electrons. The lowest BCUT2D eigenvalue weighted by molar-refractivity contribution is -0.117. The van der Waals surface area contributed by atoms with Crippen molar-refractivity contribution in [3.05, 3.63) is 41.7 Å². The van der Waals surface area contributed by atoms with Crippen LogP contribution in [0.5, 0.6) is 0 Å². The summed E-state index contributed by atoms with van der Waals surface area (Å²) in [5, 5.41) is 12.3. The Balaban J connectivity index is 1.48. The second kappa shape index (κ2) is 5.57. The topological polar surface area (TPSA) is 110 Å². The highest BCUT2D eigenvalue weighted by Crippen LogP contribution is 2.48. The van der Waals surface area contributed by atoms with Crippen LogP contribution in [-0.2, 0) is 28.5 Å². The van der Waals surface area contributed by atoms with E-state index in [4.69, 9.17) is 5.14 Å². The van der Waals surface area contributed by atoms with Crippen molar-refractivity contribution in [2.45, 2.75) is 18.8 Å². The third-order valence-corrected chi connectivity index (χ3v) is 5.79. The molecule has 2 heterocycles. The number of rotatable bonds is 4. The van der Waals surface area contributed by atoms with Crippen molar-refractivity contribution in [2.24, 2.45) is 18.1 Å². The van der Waals surface area contributed by atoms with Crippen LogP contribution in [0.25, 0.3) is 0 Å². The van der Waals surface area contributed by atoms with Gasteiger partial charge in [0.1, 0.15) is 0 Å². The number of aromatic nitrogens is 2. The summed E-state index contributed by atoms with van der Waals surface area (Å²) >= 11 is 0. The van der Waals surface area contributed by atoms with E-state index >= 15 is 0 Å². The number of nitrogens with two attached hydrogens (primary N) is 1. The van der Waals surface area contributed by atoms with Crippen molar-refractivity contribution in [1.82, 2.24) is 9.78 Å². The largest absolute Gasteiger partial charge is 0.326 e. The third-order valence-electron chi connectivity index (χ3n) is 4.79. The summed E-state index contributed by atoms with van der Waals surface area (Å²) in [4.78, 5) is 12.4. The van der Waals surface area contributed by atoms with E-state index in [1.54, 1.807) is 23.0 Å². The highest BCUT2D eigenvalue weighted by molar-refractivity contribution is 7.90. The van der Waals surface area contributed by atoms with Gasteiger partial charge in [0.15, 0.2) is 0 Å². The second-order valence-electron chi connectivity index (χ2n) is 6.60. The number of carbonyl (C=O) groups excluding carboxylic acids is 1. The molecule has 4 rings (SSSR count). The smallest absolute Gasteiger partial charge is 0.299 e. The summed E-state index contributed by atoms with van der Waals surface area (Å²) in [6.45, 7) is 0.331. The number of fused-ring (bicyclic) bond motifs is 1. The molecule has 8 nitrogen and oxygen atoms in total. The Morgan fingerprint density at radius 2 is 2.20 bits per heavy atom. The van der Waals surface area contributed by atoms with Crippen molar-refractivity contribution in [3.63, 3.8) is 0 Å². The normalized spacial score (nSPS) is 21.9. The molecule has 2 aliphatic rings. The van der Waals surface area contributed by atoms with Crippen molar-refractivity contribution in [1.29, 1.82) is 0 Å². The van der Waals surface area contributed by atoms with Gasteiger partial charge in [-0.3, -0.25) is 13.8 Å². The molecule has 1 aliphatic heterocycles. The minimum atomic E-state index is -3.80. The predicted molar refractivity (Wildman–Crippen MR) is 93.3 cm³/mol. The van der Waals surface area contributed by atoms with Crippen LogP contribution in [0.15, 0.2) is 30.6 Å². The molecule has 0 unspecified atom stereocenters. The SMILES string of the molecule is Cn1cc([C@H]2C[C@H]2C(=O)Nc2ccc3c(c2)N(S(N)(=O)=O)CC3)cn1. The van der Waals surface area contributed by atoms with E-state index in [0.29, 0.717) is 24.3 Å². The fraction of sp³-hybridized carbons (Fsp3) is 0.375. The summed E-state index contributed by atoms with van der Waals surface area (Å²) < 4.78 is 26.2. The fourth-order valence-electron chi connectivity index (χ4n) is 3.41. The van der Waals surface area contributed by atoms with E-state index in [2.05, 4.69) is 10.4 Å². The molecule has 1 aliphatic carbocycles. The van der Waals surface area contributed by atoms with Crippen LogP contribution in [0, 0.1) is 5.92 Å². The average Bonchev–Trinajstić information content (AvgIpc) is 3.03. The van der Waals surface area contributed by atoms with Crippen LogP contribution in [-0.4, -0.2) is 30.7 Å². The van der Waals surface area contributed by atoms with E-state index in [1.807, 2.05) is 19.3 Å². The number of nitrogens with one attached hydrogen (secondary N) is 1. The van der Waals surface area contributed by atoms with E-state index in [-0.39, 0.29) is 17.7 Å². The van der Waals surface area contributed by atoms with Crippen molar-refractivity contribution >= 4 is 27.5 Å². The molecule has 1 aromatic carbocycles. The molecular formula is C16H19N5O3S. The molecular weight excluding hydrogens is 342 g/mol. The summed E-state index contributed by atoms with van der Waals surface area (Å²) in [6.07, 6.45) is 5.13. The van der Waals surface area contributed by atoms with Gasteiger partial charge in [-0.2, -0.15) is 13.5 Å². The van der Waals surface area contributed by atoms with Gasteiger partial charge < -0.3 is 5.32 Å². The Bertz CT molecular complexity index is 952. The van der Waals surface area contributed by atoms with Gasteiger partial charge in [0.05, 0.1) is 11.9 Å². The Labute approximate surface area is 145 Å². The Kier molecular flexibility index (Phi) is 3.58. The van der Waals surface area contributed by atoms with Crippen molar-refractivity contribution in [2.75, 3.05) is 16.2 Å². The standard InChI is InChI=1S/C16H19N5O3S/c1-20-9-11(8-18-20)13-7-14(13)16(22)19-12-3-2-10-4-5-21(15(10)6-12)25(17,23)24/h2-3,6,8-9,13-14H,4-5,7H2,1H3,(H,19,22)(H2,17,23,24)/t13-,14-/m1/s1. The van der Waals surface area contributed by atoms with E-state index in [9.17, 15) is 13.2 Å². The van der Waals surface area contributed by atoms with Gasteiger partial charge in [-0.1, -0.05) is 6.07 Å². The third kappa shape index (κ3) is 3.00. The lowest BCUT2D eigenvalue weighted by Crippen LogP contribution is -2.35. The maximum absolute atomic E-state index is 12.4. The first kappa shape index (κ1) is 16.1. The first-order chi connectivity index (χ1) is 11.8. The highest BCUT2D eigenvalue weighted by atomic mass is 32.2. The first-order valence-electron chi connectivity index (χ1n) is 8.06. The van der Waals surface area contributed by atoms with Crippen molar-refractivity contribution in [3.8, 4) is 0 Å². The van der Waals surface area contributed by atoms with Gasteiger partial charge in [0, 0.05) is 31.4 Å². The van der Waals surface area contributed by atoms with Crippen LogP contribution in [0.2, 0.25) is 0 Å². The predicted octanol–water partition coefficient (Wildman–Crippen LogP) is 0.728. The van der Waals surface area contributed by atoms with Gasteiger partial charge >= 0.3 is 0 Å². The Hall–Kier alpha value is -2.39. The van der Waals surface area contributed by atoms with Gasteiger partial charge in [-0.15, -0.1) is 0 Å². The molecule has 1 aromatic heterocycles. The number of hydrogen-bond donors (Lipinski definition) is 2. The van der Waals surface area contributed by atoms with E-state index < -0.39 is 10.2 Å². The molecule has 1 fully saturated rings. The van der Waals surface area contributed by atoms with Gasteiger partial charge in [0.2, 0.25) is 5.91 Å². The summed E-state index contributed by atoms with van der Waals surface area (Å²) in [6, 6.07) is 5.30. The number of nitrogens with zero attached hydrogens (tertiary/aromatic N) is 3. The first-order valence-corrected chi connectivity index (χ1v) is 9.56. The maximum Gasteiger partial charge on any atom is 0.299 e. The summed E-state index contributed by atoms with van der Waals surface area (Å²) in [5.74, 6) is 0.0600. The zero-order valence-corrected chi connectivity index (χ0v) is 14.5. The molecule has 1 amide bonds. The molecule has 0 bridgehead atoms. The Morgan fingerprint density at radius 1 is 1.40 bits per heavy atom. The average molecular weight is 361 g/mol. The number of amides is 1. The highest BCUT2D eigenvalue weighted by Gasteiger charge is 2.44. The molecule has 2 aromatic rings. The lowest BCUT2D eigenvalue weighted by Gasteiger charge is -2.16. The van der Waals surface area contributed by atoms with Gasteiger partial charge in [-0.25, -0.2) is 5.14 Å². The maximum atomic E-state index is 12.4. The Morgan fingerprint density at radius 3 is 2.88 bits per heavy atom. The number of anilines is 2. The van der Waals surface area contributed by atoms with Crippen molar-refractivity contribution < 1.29 is 13.2 Å². The monoisotopic (exact) mass is 361 g/mol. The molecule has 0 saturated heterocycles. The number of aryl methyl sites for hydroxylation is 1. The molecule has 1 saturated carbocycles. The quantitative estimate of drug-likeness (QED) is 0.836. The van der Waals surface area contributed by atoms with E-state index in [0.717, 1.165) is 17.5 Å². The summed E-state index contributed by atoms with van der Waals surface area (Å²) in [5.41, 5.74) is 3.10. The number of benzene rings is 1. The number of carbonyl (C=O) groups is 1. The van der Waals surface area contributed by atoms with Gasteiger partial charge in [-0.05, 0) is 42.0 Å². The van der Waals surface area contributed by atoms with Crippen LogP contribution in [0.4, 0.5) is 11.4 Å². The van der Waals surface area contributed by atoms with Crippen LogP contribution in [0.3, 0.4) is 0 Å². The molecule has 3 N–H and O–H groups in total.